The maximum Gasteiger partial charge on any atom is 0.150 e. The molecule has 0 aromatic heterocycles. The molecule has 72 valence electrons. The minimum Gasteiger partial charge on any atom is -0.298 e. The van der Waals surface area contributed by atoms with Crippen LogP contribution in [0.1, 0.15) is 41.3 Å². The van der Waals surface area contributed by atoms with Crippen molar-refractivity contribution >= 4 is 6.29 Å². The van der Waals surface area contributed by atoms with Crippen LogP contribution in [0, 0.1) is 11.3 Å². The fraction of sp³-hybridized carbons (Fsp3) is 0.333. The van der Waals surface area contributed by atoms with Crippen molar-refractivity contribution in [1.82, 2.24) is 0 Å². The van der Waals surface area contributed by atoms with Gasteiger partial charge in [-0.15, -0.1) is 0 Å². The van der Waals surface area contributed by atoms with Crippen molar-refractivity contribution in [2.45, 2.75) is 26.2 Å². The summed E-state index contributed by atoms with van der Waals surface area (Å²) in [6, 6.07) is 7.28. The first kappa shape index (κ1) is 10.5. The Labute approximate surface area is 84.2 Å². The predicted molar refractivity (Wildman–Crippen MR) is 55.2 cm³/mol. The van der Waals surface area contributed by atoms with Crippen LogP contribution in [0.15, 0.2) is 18.2 Å². The zero-order valence-electron chi connectivity index (χ0n) is 8.29. The van der Waals surface area contributed by atoms with Gasteiger partial charge < -0.3 is 0 Å². The molecule has 0 atom stereocenters. The molecule has 0 bridgehead atoms. The van der Waals surface area contributed by atoms with Crippen LogP contribution in [-0.4, -0.2) is 6.29 Å². The molecule has 0 aliphatic rings. The van der Waals surface area contributed by atoms with Crippen LogP contribution in [0.4, 0.5) is 0 Å². The van der Waals surface area contributed by atoms with Crippen molar-refractivity contribution < 1.29 is 4.79 Å². The highest BCUT2D eigenvalue weighted by Crippen LogP contribution is 2.12. The molecule has 14 heavy (non-hydrogen) atoms. The molecule has 0 saturated carbocycles. The fourth-order valence-electron chi connectivity index (χ4n) is 1.37. The number of nitrogens with zero attached hydrogens (tertiary/aromatic N) is 1. The first-order valence-corrected chi connectivity index (χ1v) is 4.80. The third-order valence-corrected chi connectivity index (χ3v) is 2.20. The molecule has 0 aliphatic carbocycles. The van der Waals surface area contributed by atoms with Crippen LogP contribution in [-0.2, 0) is 6.42 Å². The van der Waals surface area contributed by atoms with Crippen molar-refractivity contribution in [3.63, 3.8) is 0 Å². The Bertz CT molecular complexity index is 363. The lowest BCUT2D eigenvalue weighted by atomic mass is 10.0. The van der Waals surface area contributed by atoms with Gasteiger partial charge in [0.2, 0.25) is 0 Å². The van der Waals surface area contributed by atoms with Gasteiger partial charge in [-0.25, -0.2) is 0 Å². The quantitative estimate of drug-likeness (QED) is 0.680. The summed E-state index contributed by atoms with van der Waals surface area (Å²) in [4.78, 5) is 10.7. The number of aldehydes is 1. The van der Waals surface area contributed by atoms with Gasteiger partial charge in [-0.1, -0.05) is 19.4 Å². The number of aryl methyl sites for hydroxylation is 1. The zero-order valence-corrected chi connectivity index (χ0v) is 8.29. The van der Waals surface area contributed by atoms with E-state index in [4.69, 9.17) is 5.26 Å². The van der Waals surface area contributed by atoms with E-state index in [0.29, 0.717) is 11.1 Å². The van der Waals surface area contributed by atoms with E-state index in [-0.39, 0.29) is 0 Å². The maximum atomic E-state index is 10.7. The van der Waals surface area contributed by atoms with Gasteiger partial charge in [0, 0.05) is 5.56 Å². The van der Waals surface area contributed by atoms with E-state index in [1.165, 1.54) is 0 Å². The Balaban J connectivity index is 2.97. The Morgan fingerprint density at radius 2 is 2.29 bits per heavy atom. The van der Waals surface area contributed by atoms with Crippen molar-refractivity contribution in [1.29, 1.82) is 5.26 Å². The van der Waals surface area contributed by atoms with E-state index >= 15 is 0 Å². The molecule has 0 N–H and O–H groups in total. The van der Waals surface area contributed by atoms with Crippen LogP contribution in [0.25, 0.3) is 0 Å². The van der Waals surface area contributed by atoms with E-state index in [0.717, 1.165) is 31.1 Å². The summed E-state index contributed by atoms with van der Waals surface area (Å²) < 4.78 is 0. The van der Waals surface area contributed by atoms with E-state index in [1.54, 1.807) is 18.2 Å². The number of unbranched alkanes of at least 4 members (excludes halogenated alkanes) is 1. The number of carbonyl (C=O) groups excluding carboxylic acids is 1. The van der Waals surface area contributed by atoms with E-state index in [1.807, 2.05) is 0 Å². The number of hydrogen-bond acceptors (Lipinski definition) is 2. The first-order valence-electron chi connectivity index (χ1n) is 4.80. The lowest BCUT2D eigenvalue weighted by molar-refractivity contribution is 0.112. The number of hydrogen-bond donors (Lipinski definition) is 0. The molecular weight excluding hydrogens is 174 g/mol. The van der Waals surface area contributed by atoms with E-state index < -0.39 is 0 Å². The molecule has 0 fully saturated rings. The summed E-state index contributed by atoms with van der Waals surface area (Å²) in [6.07, 6.45) is 3.87. The largest absolute Gasteiger partial charge is 0.298 e. The van der Waals surface area contributed by atoms with Gasteiger partial charge >= 0.3 is 0 Å². The average Bonchev–Trinajstić information content (AvgIpc) is 2.25. The topological polar surface area (TPSA) is 40.9 Å². The molecule has 0 spiro atoms. The summed E-state index contributed by atoms with van der Waals surface area (Å²) in [5.74, 6) is 0. The average molecular weight is 187 g/mol. The van der Waals surface area contributed by atoms with Crippen molar-refractivity contribution in [2.24, 2.45) is 0 Å². The van der Waals surface area contributed by atoms with Gasteiger partial charge in [-0.05, 0) is 30.5 Å². The molecule has 2 heteroatoms. The van der Waals surface area contributed by atoms with E-state index in [2.05, 4.69) is 13.0 Å². The molecule has 1 aromatic carbocycles. The SMILES string of the molecule is CCCCc1cc(C#N)ccc1C=O. The van der Waals surface area contributed by atoms with Crippen LogP contribution < -0.4 is 0 Å². The molecule has 0 aliphatic heterocycles. The molecule has 1 aromatic rings. The summed E-state index contributed by atoms with van der Waals surface area (Å²) >= 11 is 0. The standard InChI is InChI=1S/C12H13NO/c1-2-3-4-11-7-10(8-13)5-6-12(11)9-14/h5-7,9H,2-4H2,1H3. The molecule has 1 rings (SSSR count). The highest BCUT2D eigenvalue weighted by molar-refractivity contribution is 5.77. The second-order valence-corrected chi connectivity index (χ2v) is 3.25. The van der Waals surface area contributed by atoms with Crippen LogP contribution in [0.2, 0.25) is 0 Å². The summed E-state index contributed by atoms with van der Waals surface area (Å²) in [6.45, 7) is 2.11. The van der Waals surface area contributed by atoms with E-state index in [9.17, 15) is 4.79 Å². The molecule has 0 unspecified atom stereocenters. The normalized spacial score (nSPS) is 9.43. The Kier molecular flexibility index (Phi) is 3.87. The van der Waals surface area contributed by atoms with Gasteiger partial charge in [0.1, 0.15) is 6.29 Å². The summed E-state index contributed by atoms with van der Waals surface area (Å²) in [5.41, 5.74) is 2.32. The van der Waals surface area contributed by atoms with Gasteiger partial charge in [0.25, 0.3) is 0 Å². The van der Waals surface area contributed by atoms with Gasteiger partial charge in [0.05, 0.1) is 11.6 Å². The van der Waals surface area contributed by atoms with Gasteiger partial charge in [-0.3, -0.25) is 4.79 Å². The second kappa shape index (κ2) is 5.18. The lowest BCUT2D eigenvalue weighted by Gasteiger charge is -2.03. The van der Waals surface area contributed by atoms with Crippen molar-refractivity contribution in [2.75, 3.05) is 0 Å². The third-order valence-electron chi connectivity index (χ3n) is 2.20. The van der Waals surface area contributed by atoms with Crippen molar-refractivity contribution in [3.8, 4) is 6.07 Å². The minimum atomic E-state index is 0.627. The van der Waals surface area contributed by atoms with Crippen LogP contribution in [0.3, 0.4) is 0 Å². The van der Waals surface area contributed by atoms with Gasteiger partial charge in [0.15, 0.2) is 0 Å². The predicted octanol–water partition coefficient (Wildman–Crippen LogP) is 2.71. The smallest absolute Gasteiger partial charge is 0.150 e. The number of nitriles is 1. The van der Waals surface area contributed by atoms with Crippen LogP contribution in [0.5, 0.6) is 0 Å². The Morgan fingerprint density at radius 3 is 2.86 bits per heavy atom. The Hall–Kier alpha value is -1.62. The Morgan fingerprint density at radius 1 is 1.50 bits per heavy atom. The monoisotopic (exact) mass is 187 g/mol. The molecule has 2 nitrogen and oxygen atoms in total. The third kappa shape index (κ3) is 2.43. The molecule has 0 saturated heterocycles. The number of carbonyl (C=O) groups is 1. The molecule has 0 amide bonds. The van der Waals surface area contributed by atoms with Crippen molar-refractivity contribution in [3.05, 3.63) is 34.9 Å². The lowest BCUT2D eigenvalue weighted by Crippen LogP contribution is -1.93. The number of benzene rings is 1. The zero-order chi connectivity index (χ0) is 10.4. The summed E-state index contributed by atoms with van der Waals surface area (Å²) in [7, 11) is 0. The highest BCUT2D eigenvalue weighted by Gasteiger charge is 2.02. The number of rotatable bonds is 4. The second-order valence-electron chi connectivity index (χ2n) is 3.25. The molecule has 0 radical (unpaired) electrons. The minimum absolute atomic E-state index is 0.627. The first-order chi connectivity index (χ1) is 6.81. The summed E-state index contributed by atoms with van der Waals surface area (Å²) in [5, 5.41) is 8.71. The molecule has 0 heterocycles. The van der Waals surface area contributed by atoms with Crippen LogP contribution >= 0.6 is 0 Å². The highest BCUT2D eigenvalue weighted by atomic mass is 16.1. The maximum absolute atomic E-state index is 10.7. The fourth-order valence-corrected chi connectivity index (χ4v) is 1.37. The van der Waals surface area contributed by atoms with Gasteiger partial charge in [-0.2, -0.15) is 5.26 Å². The molecular formula is C12H13NO.